The fourth-order valence-electron chi connectivity index (χ4n) is 8.26. The Morgan fingerprint density at radius 1 is 0.797 bits per heavy atom. The van der Waals surface area contributed by atoms with Gasteiger partial charge in [-0.05, 0) is 115 Å². The number of nitrogen functional groups attached to an aromatic ring is 1. The maximum atomic E-state index is 10.6. The van der Waals surface area contributed by atoms with E-state index in [1.807, 2.05) is 27.7 Å². The Morgan fingerprint density at radius 3 is 1.58 bits per heavy atom. The number of hydrogen-bond donors (Lipinski definition) is 6. The number of nitrogens with two attached hydrogens (primary N) is 1. The lowest BCUT2D eigenvalue weighted by atomic mass is 9.92. The summed E-state index contributed by atoms with van der Waals surface area (Å²) in [6, 6.07) is 18.8. The second kappa shape index (κ2) is 22.6. The Balaban J connectivity index is 0.000000240. The number of carbonyl (C=O) groups is 1. The van der Waals surface area contributed by atoms with Crippen LogP contribution in [-0.4, -0.2) is 146 Å². The summed E-state index contributed by atoms with van der Waals surface area (Å²) in [5.74, 6) is 0.191. The molecule has 0 aliphatic carbocycles. The summed E-state index contributed by atoms with van der Waals surface area (Å²) in [4.78, 5) is 20.6. The van der Waals surface area contributed by atoms with E-state index in [9.17, 15) is 10.2 Å². The van der Waals surface area contributed by atoms with E-state index in [2.05, 4.69) is 116 Å². The van der Waals surface area contributed by atoms with Gasteiger partial charge in [-0.15, -0.1) is 17.5 Å². The second-order valence-electron chi connectivity index (χ2n) is 17.1. The molecule has 7 N–H and O–H groups in total. The van der Waals surface area contributed by atoms with E-state index in [-0.39, 0.29) is 24.6 Å². The van der Waals surface area contributed by atoms with Gasteiger partial charge >= 0.3 is 0 Å². The van der Waals surface area contributed by atoms with Crippen LogP contribution < -0.4 is 16.0 Å². The zero-order valence-electron chi connectivity index (χ0n) is 35.0. The average molecular weight is 973 g/mol. The quantitative estimate of drug-likeness (QED) is 0.163. The number of nitrogens with one attached hydrogen (secondary N) is 2. The molecule has 4 atom stereocenters. The Bertz CT molecular complexity index is 1690. The van der Waals surface area contributed by atoms with E-state index < -0.39 is 17.2 Å². The lowest BCUT2D eigenvalue weighted by molar-refractivity contribution is -0.154. The lowest BCUT2D eigenvalue weighted by Gasteiger charge is -2.48. The number of morpholine rings is 2. The number of carboxylic acids is 1. The minimum absolute atomic E-state index is 0. The van der Waals surface area contributed by atoms with Gasteiger partial charge in [-0.25, -0.2) is 5.10 Å². The zero-order chi connectivity index (χ0) is 42.0. The predicted octanol–water partition coefficient (Wildman–Crippen LogP) is 5.30. The largest absolute Gasteiger partial charge is 0.481 e. The first-order chi connectivity index (χ1) is 27.5. The molecule has 330 valence electrons. The van der Waals surface area contributed by atoms with Gasteiger partial charge in [0.05, 0.1) is 36.6 Å². The minimum atomic E-state index is -0.863. The van der Waals surface area contributed by atoms with Crippen molar-refractivity contribution in [2.24, 2.45) is 0 Å². The van der Waals surface area contributed by atoms with Crippen LogP contribution in [-0.2, 0) is 27.1 Å². The van der Waals surface area contributed by atoms with Crippen LogP contribution in [0.15, 0.2) is 57.5 Å². The average Bonchev–Trinajstić information content (AvgIpc) is 3.62. The second-order valence-corrected chi connectivity index (χ2v) is 18.9. The molecule has 7 rings (SSSR count). The number of benzene rings is 2. The van der Waals surface area contributed by atoms with Gasteiger partial charge in [-0.3, -0.25) is 14.6 Å². The number of aromatic nitrogens is 3. The number of anilines is 2. The molecule has 0 unspecified atom stereocenters. The highest BCUT2D eigenvalue weighted by molar-refractivity contribution is 9.10. The molecule has 4 aliphatic rings. The topological polar surface area (TPSA) is 186 Å². The van der Waals surface area contributed by atoms with Crippen LogP contribution in [0.4, 0.5) is 11.9 Å². The number of carboxylic acid groups (broad SMARTS) is 1. The molecule has 2 aromatic carbocycles. The predicted molar refractivity (Wildman–Crippen MR) is 241 cm³/mol. The van der Waals surface area contributed by atoms with Crippen LogP contribution in [0.3, 0.4) is 0 Å². The van der Waals surface area contributed by atoms with E-state index in [4.69, 9.17) is 25.1 Å². The maximum Gasteiger partial charge on any atom is 0.300 e. The molecule has 0 amide bonds. The number of ether oxygens (including phenoxy) is 2. The van der Waals surface area contributed by atoms with E-state index in [1.165, 1.54) is 24.0 Å². The first-order valence-corrected chi connectivity index (χ1v) is 22.1. The lowest BCUT2D eigenvalue weighted by Crippen LogP contribution is -2.61. The van der Waals surface area contributed by atoms with Crippen molar-refractivity contribution in [2.45, 2.75) is 121 Å². The highest BCUT2D eigenvalue weighted by Crippen LogP contribution is 2.30. The molecule has 14 nitrogen and oxygen atoms in total. The van der Waals surface area contributed by atoms with Crippen molar-refractivity contribution in [3.63, 3.8) is 0 Å². The first kappa shape index (κ1) is 49.3. The standard InChI is InChI=1S/C21H31BrN6O2.C19H29BrN2O2.C2H4O2.ClH/c1-21(2,29)18-12-28(17(13-30-18)11-14-3-5-15(22)6-4-14)16-7-9-27(10-8-16)20-24-19(23)25-26-20;1-19(2,23)18-12-22(16-7-9-21-10-8-16)17(13-24-18)11-14-3-5-15(20)6-4-14;1-2(3)4;/h3-6,16-18,29H,7-13H2,1-2H3,(H3,23,24,25,26);3-6,16-18,21,23H,7-13H2,1-2H3;1H3,(H,3,4);1H/t2*17-,18+;;/m00../s1. The normalized spacial score (nSPS) is 23.9. The van der Waals surface area contributed by atoms with Gasteiger partial charge in [0.15, 0.2) is 0 Å². The van der Waals surface area contributed by atoms with Crippen LogP contribution in [0, 0.1) is 0 Å². The highest BCUT2D eigenvalue weighted by atomic mass is 79.9. The fraction of sp³-hybridized carbons (Fsp3) is 0.643. The molecule has 3 aromatic rings. The summed E-state index contributed by atoms with van der Waals surface area (Å²) in [6.45, 7) is 15.3. The number of aromatic amines is 1. The molecule has 0 spiro atoms. The summed E-state index contributed by atoms with van der Waals surface area (Å²) in [5.41, 5.74) is 6.66. The summed E-state index contributed by atoms with van der Waals surface area (Å²) >= 11 is 7.02. The molecular formula is C42H65Br2ClN8O6. The molecule has 17 heteroatoms. The van der Waals surface area contributed by atoms with Gasteiger partial charge in [-0.1, -0.05) is 56.1 Å². The van der Waals surface area contributed by atoms with E-state index >= 15 is 0 Å². The number of H-pyrrole nitrogens is 1. The number of aliphatic carboxylic acids is 1. The number of halogens is 3. The van der Waals surface area contributed by atoms with Gasteiger partial charge in [0.1, 0.15) is 0 Å². The molecule has 4 fully saturated rings. The smallest absolute Gasteiger partial charge is 0.300 e. The van der Waals surface area contributed by atoms with Crippen LogP contribution >= 0.6 is 44.3 Å². The number of piperidine rings is 2. The monoisotopic (exact) mass is 970 g/mol. The Kier molecular flexibility index (Phi) is 18.9. The van der Waals surface area contributed by atoms with Crippen molar-refractivity contribution in [3.05, 3.63) is 68.6 Å². The number of rotatable bonds is 9. The van der Waals surface area contributed by atoms with Crippen molar-refractivity contribution in [2.75, 3.05) is 63.1 Å². The van der Waals surface area contributed by atoms with Crippen molar-refractivity contribution in [3.8, 4) is 0 Å². The molecule has 0 saturated carbocycles. The molecule has 1 aromatic heterocycles. The number of aliphatic hydroxyl groups is 2. The molecule has 5 heterocycles. The molecule has 0 bridgehead atoms. The summed E-state index contributed by atoms with van der Waals surface area (Å²) in [7, 11) is 0. The Labute approximate surface area is 372 Å². The Hall–Kier alpha value is -2.38. The van der Waals surface area contributed by atoms with Gasteiger partial charge < -0.3 is 40.7 Å². The summed E-state index contributed by atoms with van der Waals surface area (Å²) < 4.78 is 14.4. The van der Waals surface area contributed by atoms with Crippen molar-refractivity contribution < 1.29 is 29.6 Å². The van der Waals surface area contributed by atoms with E-state index in [0.717, 1.165) is 80.8 Å². The molecule has 4 saturated heterocycles. The fourth-order valence-corrected chi connectivity index (χ4v) is 8.79. The number of hydrogen-bond acceptors (Lipinski definition) is 12. The van der Waals surface area contributed by atoms with Crippen LogP contribution in [0.2, 0.25) is 0 Å². The van der Waals surface area contributed by atoms with Gasteiger partial charge in [-0.2, -0.15) is 4.98 Å². The van der Waals surface area contributed by atoms with Crippen LogP contribution in [0.5, 0.6) is 0 Å². The summed E-state index contributed by atoms with van der Waals surface area (Å²) in [6.07, 6.45) is 6.01. The SMILES string of the molecule is CC(=O)O.CC(C)(O)[C@H]1CN(C2CCN(c3n[nH]c(N)n3)CC2)[C@@H](Cc2ccc(Br)cc2)CO1.CC(C)(O)[C@H]1CN(C2CCNCC2)[C@@H](Cc2ccc(Br)cc2)CO1.Cl. The van der Waals surface area contributed by atoms with Crippen molar-refractivity contribution >= 4 is 62.1 Å². The molecule has 59 heavy (non-hydrogen) atoms. The minimum Gasteiger partial charge on any atom is -0.481 e. The van der Waals surface area contributed by atoms with Crippen LogP contribution in [0.25, 0.3) is 0 Å². The van der Waals surface area contributed by atoms with E-state index in [1.54, 1.807) is 0 Å². The third-order valence-corrected chi connectivity index (χ3v) is 12.6. The van der Waals surface area contributed by atoms with Crippen molar-refractivity contribution in [1.82, 2.24) is 30.3 Å². The third-order valence-electron chi connectivity index (χ3n) is 11.5. The summed E-state index contributed by atoms with van der Waals surface area (Å²) in [5, 5.41) is 38.7. The first-order valence-electron chi connectivity index (χ1n) is 20.5. The van der Waals surface area contributed by atoms with E-state index in [0.29, 0.717) is 49.3 Å². The van der Waals surface area contributed by atoms with Gasteiger partial charge in [0, 0.05) is 66.2 Å². The van der Waals surface area contributed by atoms with Gasteiger partial charge in [0.2, 0.25) is 11.9 Å². The molecular weight excluding hydrogens is 908 g/mol. The molecule has 0 radical (unpaired) electrons. The number of nitrogens with zero attached hydrogens (tertiary/aromatic N) is 5. The van der Waals surface area contributed by atoms with Gasteiger partial charge in [0.25, 0.3) is 5.97 Å². The highest BCUT2D eigenvalue weighted by Gasteiger charge is 2.41. The molecule has 4 aliphatic heterocycles. The maximum absolute atomic E-state index is 10.6. The Morgan fingerprint density at radius 2 is 1.20 bits per heavy atom. The van der Waals surface area contributed by atoms with Crippen LogP contribution in [0.1, 0.15) is 71.4 Å². The third kappa shape index (κ3) is 15.2. The zero-order valence-corrected chi connectivity index (χ0v) is 39.0. The van der Waals surface area contributed by atoms with Crippen molar-refractivity contribution in [1.29, 1.82) is 0 Å².